The maximum Gasteiger partial charge on any atom is 0.230 e. The van der Waals surface area contributed by atoms with Crippen molar-refractivity contribution in [2.24, 2.45) is 0 Å². The van der Waals surface area contributed by atoms with Gasteiger partial charge >= 0.3 is 0 Å². The monoisotopic (exact) mass is 308 g/mol. The zero-order valence-corrected chi connectivity index (χ0v) is 14.3. The van der Waals surface area contributed by atoms with Crippen LogP contribution >= 0.6 is 11.8 Å². The summed E-state index contributed by atoms with van der Waals surface area (Å²) in [6, 6.07) is 6.24. The van der Waals surface area contributed by atoms with Gasteiger partial charge in [-0.05, 0) is 37.9 Å². The van der Waals surface area contributed by atoms with Crippen molar-refractivity contribution in [3.8, 4) is 0 Å². The highest BCUT2D eigenvalue weighted by Gasteiger charge is 2.06. The zero-order valence-electron chi connectivity index (χ0n) is 13.5. The third kappa shape index (κ3) is 7.53. The minimum atomic E-state index is 0.109. The van der Waals surface area contributed by atoms with Gasteiger partial charge in [0, 0.05) is 18.0 Å². The fourth-order valence-corrected chi connectivity index (χ4v) is 3.10. The summed E-state index contributed by atoms with van der Waals surface area (Å²) in [7, 11) is 0. The van der Waals surface area contributed by atoms with Crippen molar-refractivity contribution in [2.45, 2.75) is 44.9 Å². The van der Waals surface area contributed by atoms with Crippen LogP contribution in [-0.4, -0.2) is 31.3 Å². The van der Waals surface area contributed by atoms with Gasteiger partial charge in [0.25, 0.3) is 0 Å². The van der Waals surface area contributed by atoms with Crippen molar-refractivity contribution in [1.29, 1.82) is 0 Å². The van der Waals surface area contributed by atoms with Crippen molar-refractivity contribution in [2.75, 3.05) is 25.4 Å². The van der Waals surface area contributed by atoms with E-state index in [-0.39, 0.29) is 5.91 Å². The predicted molar refractivity (Wildman–Crippen MR) is 92.0 cm³/mol. The molecule has 118 valence electrons. The first-order valence-corrected chi connectivity index (χ1v) is 8.80. The molecular weight excluding hydrogens is 280 g/mol. The van der Waals surface area contributed by atoms with Crippen LogP contribution in [0.4, 0.5) is 0 Å². The van der Waals surface area contributed by atoms with E-state index in [0.29, 0.717) is 12.3 Å². The molecule has 0 spiro atoms. The molecule has 2 N–H and O–H groups in total. The van der Waals surface area contributed by atoms with Gasteiger partial charge in [0.15, 0.2) is 0 Å². The van der Waals surface area contributed by atoms with Gasteiger partial charge < -0.3 is 10.6 Å². The van der Waals surface area contributed by atoms with Crippen molar-refractivity contribution >= 4 is 17.7 Å². The number of amides is 1. The lowest BCUT2D eigenvalue weighted by molar-refractivity contribution is -0.118. The fourth-order valence-electron chi connectivity index (χ4n) is 2.13. The summed E-state index contributed by atoms with van der Waals surface area (Å²) in [4.78, 5) is 13.0. The van der Waals surface area contributed by atoms with Crippen LogP contribution in [0.3, 0.4) is 0 Å². The molecule has 0 saturated heterocycles. The standard InChI is InChI=1S/C17H28N2OS/c1-4-5-6-10-18-11-12-19-16(20)13-21-17-14(2)8-7-9-15(17)3/h7-9,18H,4-6,10-13H2,1-3H3,(H,19,20). The normalized spacial score (nSPS) is 10.6. The van der Waals surface area contributed by atoms with Crippen molar-refractivity contribution in [1.82, 2.24) is 10.6 Å². The number of aryl methyl sites for hydroxylation is 2. The van der Waals surface area contributed by atoms with Gasteiger partial charge in [-0.15, -0.1) is 11.8 Å². The lowest BCUT2D eigenvalue weighted by Gasteiger charge is -2.10. The average Bonchev–Trinajstić information content (AvgIpc) is 2.46. The highest BCUT2D eigenvalue weighted by molar-refractivity contribution is 8.00. The summed E-state index contributed by atoms with van der Waals surface area (Å²) in [6.07, 6.45) is 3.73. The molecule has 1 aromatic rings. The molecule has 0 aliphatic carbocycles. The molecule has 0 unspecified atom stereocenters. The largest absolute Gasteiger partial charge is 0.354 e. The second kappa shape index (κ2) is 10.7. The Balaban J connectivity index is 2.14. The van der Waals surface area contributed by atoms with E-state index in [1.54, 1.807) is 11.8 Å². The first kappa shape index (κ1) is 18.1. The van der Waals surface area contributed by atoms with E-state index in [2.05, 4.69) is 49.6 Å². The number of thioether (sulfide) groups is 1. The molecule has 0 saturated carbocycles. The molecule has 1 amide bonds. The van der Waals surface area contributed by atoms with E-state index in [4.69, 9.17) is 0 Å². The molecule has 3 nitrogen and oxygen atoms in total. The number of carbonyl (C=O) groups excluding carboxylic acids is 1. The van der Waals surface area contributed by atoms with Crippen LogP contribution in [0, 0.1) is 13.8 Å². The molecule has 0 atom stereocenters. The SMILES string of the molecule is CCCCCNCCNC(=O)CSc1c(C)cccc1C. The third-order valence-corrected chi connectivity index (χ3v) is 4.68. The van der Waals surface area contributed by atoms with E-state index in [1.165, 1.54) is 35.3 Å². The Labute approximate surface area is 133 Å². The van der Waals surface area contributed by atoms with Gasteiger partial charge in [-0.1, -0.05) is 38.0 Å². The smallest absolute Gasteiger partial charge is 0.230 e. The molecule has 21 heavy (non-hydrogen) atoms. The highest BCUT2D eigenvalue weighted by atomic mass is 32.2. The quantitative estimate of drug-likeness (QED) is 0.515. The summed E-state index contributed by atoms with van der Waals surface area (Å²) in [5.74, 6) is 0.597. The lowest BCUT2D eigenvalue weighted by Crippen LogP contribution is -2.33. The van der Waals surface area contributed by atoms with Gasteiger partial charge in [-0.25, -0.2) is 0 Å². The van der Waals surface area contributed by atoms with Crippen LogP contribution < -0.4 is 10.6 Å². The maximum atomic E-state index is 11.8. The maximum absolute atomic E-state index is 11.8. The van der Waals surface area contributed by atoms with Gasteiger partial charge in [-0.2, -0.15) is 0 Å². The topological polar surface area (TPSA) is 41.1 Å². The summed E-state index contributed by atoms with van der Waals surface area (Å²) >= 11 is 1.62. The molecule has 1 rings (SSSR count). The third-order valence-electron chi connectivity index (χ3n) is 3.34. The molecule has 0 aliphatic rings. The summed E-state index contributed by atoms with van der Waals surface area (Å²) in [6.45, 7) is 8.98. The van der Waals surface area contributed by atoms with Gasteiger partial charge in [0.2, 0.25) is 5.91 Å². The van der Waals surface area contributed by atoms with Crippen molar-refractivity contribution in [3.05, 3.63) is 29.3 Å². The van der Waals surface area contributed by atoms with Gasteiger partial charge in [0.05, 0.1) is 5.75 Å². The molecule has 0 aliphatic heterocycles. The number of benzene rings is 1. The molecule has 0 heterocycles. The Morgan fingerprint density at radius 1 is 1.10 bits per heavy atom. The number of hydrogen-bond donors (Lipinski definition) is 2. The minimum Gasteiger partial charge on any atom is -0.354 e. The lowest BCUT2D eigenvalue weighted by atomic mass is 10.2. The summed E-state index contributed by atoms with van der Waals surface area (Å²) in [5, 5.41) is 6.31. The molecule has 1 aromatic carbocycles. The van der Waals surface area contributed by atoms with Crippen LogP contribution in [0.25, 0.3) is 0 Å². The number of unbranched alkanes of at least 4 members (excludes halogenated alkanes) is 2. The Kier molecular flexibility index (Phi) is 9.19. The second-order valence-electron chi connectivity index (χ2n) is 5.32. The van der Waals surface area contributed by atoms with E-state index in [1.807, 2.05) is 0 Å². The Morgan fingerprint density at radius 2 is 1.81 bits per heavy atom. The van der Waals surface area contributed by atoms with E-state index in [0.717, 1.165) is 13.1 Å². The minimum absolute atomic E-state index is 0.109. The zero-order chi connectivity index (χ0) is 15.5. The molecule has 0 aromatic heterocycles. The van der Waals surface area contributed by atoms with E-state index < -0.39 is 0 Å². The number of nitrogens with one attached hydrogen (secondary N) is 2. The average molecular weight is 308 g/mol. The second-order valence-corrected chi connectivity index (χ2v) is 6.30. The summed E-state index contributed by atoms with van der Waals surface area (Å²) < 4.78 is 0. The predicted octanol–water partition coefficient (Wildman–Crippen LogP) is 3.29. The Bertz CT molecular complexity index is 415. The number of hydrogen-bond acceptors (Lipinski definition) is 3. The van der Waals surface area contributed by atoms with Crippen LogP contribution in [0.5, 0.6) is 0 Å². The molecule has 4 heteroatoms. The van der Waals surface area contributed by atoms with Crippen LogP contribution in [0.1, 0.15) is 37.3 Å². The number of carbonyl (C=O) groups is 1. The Morgan fingerprint density at radius 3 is 2.48 bits per heavy atom. The number of rotatable bonds is 10. The molecule has 0 radical (unpaired) electrons. The van der Waals surface area contributed by atoms with Crippen LogP contribution in [0.2, 0.25) is 0 Å². The van der Waals surface area contributed by atoms with E-state index >= 15 is 0 Å². The van der Waals surface area contributed by atoms with Crippen molar-refractivity contribution < 1.29 is 4.79 Å². The first-order chi connectivity index (χ1) is 10.1. The van der Waals surface area contributed by atoms with Crippen molar-refractivity contribution in [3.63, 3.8) is 0 Å². The van der Waals surface area contributed by atoms with Crippen LogP contribution in [-0.2, 0) is 4.79 Å². The van der Waals surface area contributed by atoms with E-state index in [9.17, 15) is 4.79 Å². The first-order valence-electron chi connectivity index (χ1n) is 7.81. The van der Waals surface area contributed by atoms with Crippen LogP contribution in [0.15, 0.2) is 23.1 Å². The highest BCUT2D eigenvalue weighted by Crippen LogP contribution is 2.25. The fraction of sp³-hybridized carbons (Fsp3) is 0.588. The summed E-state index contributed by atoms with van der Waals surface area (Å²) in [5.41, 5.74) is 2.48. The van der Waals surface area contributed by atoms with Gasteiger partial charge in [0.1, 0.15) is 0 Å². The van der Waals surface area contributed by atoms with Gasteiger partial charge in [-0.3, -0.25) is 4.79 Å². The molecular formula is C17H28N2OS. The molecule has 0 bridgehead atoms. The molecule has 0 fully saturated rings. The Hall–Kier alpha value is -1.00.